The van der Waals surface area contributed by atoms with Crippen molar-refractivity contribution in [3.8, 4) is 11.3 Å². The van der Waals surface area contributed by atoms with Crippen LogP contribution in [0.15, 0.2) is 62.0 Å². The minimum Gasteiger partial charge on any atom is -0.431 e. The fourth-order valence-corrected chi connectivity index (χ4v) is 4.11. The quantitative estimate of drug-likeness (QED) is 0.350. The van der Waals surface area contributed by atoms with Gasteiger partial charge in [-0.1, -0.05) is 51.4 Å². The molecule has 0 aliphatic heterocycles. The SMILES string of the molecule is O=C(CSc1nc2cc(Cl)ccc2o1)Nc1nc(-c2ccc(Br)cc2)cs1. The third kappa shape index (κ3) is 4.52. The Kier molecular flexibility index (Phi) is 5.49. The number of nitrogens with one attached hydrogen (secondary N) is 1. The summed E-state index contributed by atoms with van der Waals surface area (Å²) in [6, 6.07) is 13.1. The molecule has 0 spiro atoms. The Hall–Kier alpha value is -1.87. The minimum absolute atomic E-state index is 0.169. The minimum atomic E-state index is -0.169. The molecule has 2 aromatic heterocycles. The van der Waals surface area contributed by atoms with Gasteiger partial charge in [-0.05, 0) is 30.3 Å². The molecule has 1 amide bonds. The molecule has 0 fully saturated rings. The van der Waals surface area contributed by atoms with E-state index >= 15 is 0 Å². The van der Waals surface area contributed by atoms with E-state index in [1.807, 2.05) is 29.6 Å². The number of rotatable bonds is 5. The molecule has 4 aromatic rings. The fourth-order valence-electron chi connectivity index (χ4n) is 2.31. The highest BCUT2D eigenvalue weighted by Crippen LogP contribution is 2.28. The zero-order chi connectivity index (χ0) is 18.8. The second-order valence-electron chi connectivity index (χ2n) is 5.47. The smallest absolute Gasteiger partial charge is 0.257 e. The highest BCUT2D eigenvalue weighted by atomic mass is 79.9. The van der Waals surface area contributed by atoms with Crippen LogP contribution in [-0.2, 0) is 4.79 Å². The summed E-state index contributed by atoms with van der Waals surface area (Å²) in [5.74, 6) is 0.00491. The first kappa shape index (κ1) is 18.5. The number of carbonyl (C=O) groups is 1. The molecule has 0 radical (unpaired) electrons. The van der Waals surface area contributed by atoms with Gasteiger partial charge in [-0.15, -0.1) is 11.3 Å². The van der Waals surface area contributed by atoms with E-state index in [0.29, 0.717) is 26.5 Å². The van der Waals surface area contributed by atoms with Gasteiger partial charge in [0.1, 0.15) is 5.52 Å². The number of amides is 1. The van der Waals surface area contributed by atoms with Crippen LogP contribution in [0.25, 0.3) is 22.4 Å². The van der Waals surface area contributed by atoms with Gasteiger partial charge in [0.15, 0.2) is 10.7 Å². The Balaban J connectivity index is 1.37. The van der Waals surface area contributed by atoms with Crippen LogP contribution in [0.3, 0.4) is 0 Å². The molecule has 27 heavy (non-hydrogen) atoms. The standard InChI is InChI=1S/C18H11BrClN3O2S2/c19-11-3-1-10(2-4-11)14-8-26-17(21-14)23-16(24)9-27-18-22-13-7-12(20)5-6-15(13)25-18/h1-8H,9H2,(H,21,23,24). The lowest BCUT2D eigenvalue weighted by molar-refractivity contribution is -0.113. The van der Waals surface area contributed by atoms with Crippen LogP contribution in [0.2, 0.25) is 5.02 Å². The number of thioether (sulfide) groups is 1. The molecule has 2 aromatic carbocycles. The maximum Gasteiger partial charge on any atom is 0.257 e. The number of aromatic nitrogens is 2. The predicted octanol–water partition coefficient (Wildman–Crippen LogP) is 6.10. The Bertz CT molecular complexity index is 1110. The van der Waals surface area contributed by atoms with Crippen LogP contribution >= 0.6 is 50.6 Å². The van der Waals surface area contributed by atoms with Gasteiger partial charge in [0.25, 0.3) is 5.22 Å². The molecule has 4 rings (SSSR count). The van der Waals surface area contributed by atoms with E-state index < -0.39 is 0 Å². The molecule has 9 heteroatoms. The van der Waals surface area contributed by atoms with Gasteiger partial charge in [-0.2, -0.15) is 0 Å². The highest BCUT2D eigenvalue weighted by molar-refractivity contribution is 9.10. The second kappa shape index (κ2) is 8.02. The van der Waals surface area contributed by atoms with Gasteiger partial charge in [0.2, 0.25) is 5.91 Å². The van der Waals surface area contributed by atoms with Gasteiger partial charge >= 0.3 is 0 Å². The number of thiazole rings is 1. The molecule has 136 valence electrons. The van der Waals surface area contributed by atoms with Crippen LogP contribution in [0, 0.1) is 0 Å². The first-order valence-electron chi connectivity index (χ1n) is 7.77. The van der Waals surface area contributed by atoms with Crippen LogP contribution in [0.5, 0.6) is 0 Å². The monoisotopic (exact) mass is 479 g/mol. The number of nitrogens with zero attached hydrogens (tertiary/aromatic N) is 2. The zero-order valence-corrected chi connectivity index (χ0v) is 17.6. The van der Waals surface area contributed by atoms with Crippen LogP contribution in [0.4, 0.5) is 5.13 Å². The van der Waals surface area contributed by atoms with Crippen molar-refractivity contribution in [1.29, 1.82) is 0 Å². The third-order valence-corrected chi connectivity index (χ3v) is 5.90. The molecule has 1 N–H and O–H groups in total. The van der Waals surface area contributed by atoms with E-state index in [1.165, 1.54) is 23.1 Å². The normalized spacial score (nSPS) is 11.0. The second-order valence-corrected chi connectivity index (χ2v) is 8.61. The van der Waals surface area contributed by atoms with E-state index in [4.69, 9.17) is 16.0 Å². The molecule has 0 aliphatic rings. The van der Waals surface area contributed by atoms with Crippen molar-refractivity contribution in [2.75, 3.05) is 11.1 Å². The Morgan fingerprint density at radius 2 is 2.04 bits per heavy atom. The van der Waals surface area contributed by atoms with Crippen molar-refractivity contribution in [3.05, 3.63) is 57.3 Å². The molecule has 0 saturated heterocycles. The topological polar surface area (TPSA) is 68.0 Å². The zero-order valence-electron chi connectivity index (χ0n) is 13.6. The van der Waals surface area contributed by atoms with Crippen molar-refractivity contribution >= 4 is 72.8 Å². The molecule has 0 unspecified atom stereocenters. The lowest BCUT2D eigenvalue weighted by Gasteiger charge is -1.99. The summed E-state index contributed by atoms with van der Waals surface area (Å²) in [5.41, 5.74) is 3.13. The number of benzene rings is 2. The number of carbonyl (C=O) groups excluding carboxylic acids is 1. The Morgan fingerprint density at radius 1 is 1.22 bits per heavy atom. The van der Waals surface area contributed by atoms with E-state index in [1.54, 1.807) is 18.2 Å². The summed E-state index contributed by atoms with van der Waals surface area (Å²) in [6.45, 7) is 0. The van der Waals surface area contributed by atoms with Crippen molar-refractivity contribution in [2.24, 2.45) is 0 Å². The molecular formula is C18H11BrClN3O2S2. The van der Waals surface area contributed by atoms with E-state index in [-0.39, 0.29) is 11.7 Å². The average molecular weight is 481 g/mol. The summed E-state index contributed by atoms with van der Waals surface area (Å²) >= 11 is 12.0. The van der Waals surface area contributed by atoms with E-state index in [9.17, 15) is 4.79 Å². The molecule has 0 aliphatic carbocycles. The molecule has 0 saturated carbocycles. The van der Waals surface area contributed by atoms with Gasteiger partial charge in [-0.3, -0.25) is 4.79 Å². The first-order chi connectivity index (χ1) is 13.1. The van der Waals surface area contributed by atoms with Crippen molar-refractivity contribution in [1.82, 2.24) is 9.97 Å². The first-order valence-corrected chi connectivity index (χ1v) is 10.8. The average Bonchev–Trinajstić information content (AvgIpc) is 3.27. The molecular weight excluding hydrogens is 470 g/mol. The largest absolute Gasteiger partial charge is 0.431 e. The lowest BCUT2D eigenvalue weighted by Crippen LogP contribution is -2.13. The van der Waals surface area contributed by atoms with Crippen molar-refractivity contribution in [2.45, 2.75) is 5.22 Å². The number of oxazole rings is 1. The highest BCUT2D eigenvalue weighted by Gasteiger charge is 2.12. The summed E-state index contributed by atoms with van der Waals surface area (Å²) in [5, 5.41) is 6.30. The van der Waals surface area contributed by atoms with Gasteiger partial charge in [-0.25, -0.2) is 9.97 Å². The number of fused-ring (bicyclic) bond motifs is 1. The Labute approximate surface area is 176 Å². The molecule has 2 heterocycles. The van der Waals surface area contributed by atoms with Crippen LogP contribution < -0.4 is 5.32 Å². The number of halogens is 2. The Morgan fingerprint density at radius 3 is 2.85 bits per heavy atom. The summed E-state index contributed by atoms with van der Waals surface area (Å²) in [4.78, 5) is 21.0. The number of hydrogen-bond acceptors (Lipinski definition) is 6. The van der Waals surface area contributed by atoms with Crippen LogP contribution in [-0.4, -0.2) is 21.6 Å². The maximum atomic E-state index is 12.2. The number of anilines is 1. The molecule has 0 atom stereocenters. The van der Waals surface area contributed by atoms with Crippen molar-refractivity contribution in [3.63, 3.8) is 0 Å². The van der Waals surface area contributed by atoms with Crippen LogP contribution in [0.1, 0.15) is 0 Å². The summed E-state index contributed by atoms with van der Waals surface area (Å²) < 4.78 is 6.60. The fraction of sp³-hybridized carbons (Fsp3) is 0.0556. The van der Waals surface area contributed by atoms with E-state index in [0.717, 1.165) is 15.7 Å². The number of hydrogen-bond donors (Lipinski definition) is 1. The maximum absolute atomic E-state index is 12.2. The van der Waals surface area contributed by atoms with Gasteiger partial charge in [0.05, 0.1) is 11.4 Å². The van der Waals surface area contributed by atoms with Gasteiger partial charge in [0, 0.05) is 20.4 Å². The molecule has 0 bridgehead atoms. The summed E-state index contributed by atoms with van der Waals surface area (Å²) in [7, 11) is 0. The third-order valence-electron chi connectivity index (χ3n) is 3.55. The molecule has 5 nitrogen and oxygen atoms in total. The summed E-state index contributed by atoms with van der Waals surface area (Å²) in [6.07, 6.45) is 0. The lowest BCUT2D eigenvalue weighted by atomic mass is 10.2. The van der Waals surface area contributed by atoms with Gasteiger partial charge < -0.3 is 9.73 Å². The van der Waals surface area contributed by atoms with Crippen molar-refractivity contribution < 1.29 is 9.21 Å². The van der Waals surface area contributed by atoms with E-state index in [2.05, 4.69) is 31.2 Å². The predicted molar refractivity (Wildman–Crippen MR) is 114 cm³/mol.